The van der Waals surface area contributed by atoms with E-state index in [1.165, 1.54) is 29.0 Å². The van der Waals surface area contributed by atoms with E-state index in [9.17, 15) is 9.59 Å². The lowest BCUT2D eigenvalue weighted by atomic mass is 10.2. The minimum atomic E-state index is -0.321. The summed E-state index contributed by atoms with van der Waals surface area (Å²) < 4.78 is 0. The molecule has 2 atom stereocenters. The highest BCUT2D eigenvalue weighted by Crippen LogP contribution is 2.35. The second kappa shape index (κ2) is 6.92. The average molecular weight is 389 g/mol. The van der Waals surface area contributed by atoms with E-state index in [1.807, 2.05) is 6.92 Å². The fraction of sp³-hybridized carbons (Fsp3) is 0.333. The van der Waals surface area contributed by atoms with E-state index in [4.69, 9.17) is 0 Å². The van der Waals surface area contributed by atoms with Crippen LogP contribution in [0.25, 0.3) is 0 Å². The molecule has 0 saturated heterocycles. The van der Waals surface area contributed by atoms with Gasteiger partial charge in [-0.3, -0.25) is 14.9 Å². The number of hydrogen-bond acceptors (Lipinski definition) is 8. The van der Waals surface area contributed by atoms with Gasteiger partial charge in [0.15, 0.2) is 10.0 Å². The smallest absolute Gasteiger partial charge is 0.286 e. The minimum Gasteiger partial charge on any atom is -0.347 e. The van der Waals surface area contributed by atoms with Crippen LogP contribution in [0.5, 0.6) is 0 Å². The van der Waals surface area contributed by atoms with Crippen molar-refractivity contribution in [2.24, 2.45) is 5.92 Å². The summed E-state index contributed by atoms with van der Waals surface area (Å²) in [7, 11) is 0. The molecule has 1 aliphatic rings. The summed E-state index contributed by atoms with van der Waals surface area (Å²) in [6.45, 7) is 1.92. The number of thiazole rings is 2. The van der Waals surface area contributed by atoms with Gasteiger partial charge < -0.3 is 5.32 Å². The van der Waals surface area contributed by atoms with Crippen LogP contribution in [-0.4, -0.2) is 43.0 Å². The number of aromatic amines is 1. The normalized spacial score (nSPS) is 18.5. The van der Waals surface area contributed by atoms with Crippen LogP contribution < -0.4 is 10.6 Å². The zero-order valence-corrected chi connectivity index (χ0v) is 15.4. The maximum Gasteiger partial charge on any atom is 0.286 e. The van der Waals surface area contributed by atoms with E-state index < -0.39 is 0 Å². The number of hydrogen-bond donors (Lipinski definition) is 3. The second-order valence-corrected chi connectivity index (χ2v) is 8.33. The van der Waals surface area contributed by atoms with Gasteiger partial charge in [-0.25, -0.2) is 15.1 Å². The van der Waals surface area contributed by atoms with E-state index in [-0.39, 0.29) is 23.8 Å². The molecular formula is C15H15N7O2S2. The lowest BCUT2D eigenvalue weighted by Crippen LogP contribution is -2.26. The molecule has 1 fully saturated rings. The lowest BCUT2D eigenvalue weighted by molar-refractivity contribution is 0.0947. The van der Waals surface area contributed by atoms with Crippen molar-refractivity contribution < 1.29 is 9.59 Å². The summed E-state index contributed by atoms with van der Waals surface area (Å²) in [6, 6.07) is 0.153. The predicted molar refractivity (Wildman–Crippen MR) is 96.4 cm³/mol. The summed E-state index contributed by atoms with van der Waals surface area (Å²) >= 11 is 2.73. The van der Waals surface area contributed by atoms with Gasteiger partial charge in [0.2, 0.25) is 5.95 Å². The van der Waals surface area contributed by atoms with Crippen molar-refractivity contribution in [2.45, 2.75) is 25.8 Å². The molecule has 3 aromatic rings. The van der Waals surface area contributed by atoms with Crippen molar-refractivity contribution in [3.8, 4) is 0 Å². The first-order valence-corrected chi connectivity index (χ1v) is 9.56. The average Bonchev–Trinajstić information content (AvgIpc) is 3.08. The van der Waals surface area contributed by atoms with Gasteiger partial charge in [0.05, 0.1) is 0 Å². The van der Waals surface area contributed by atoms with Crippen LogP contribution >= 0.6 is 22.7 Å². The molecule has 0 bridgehead atoms. The second-order valence-electron chi connectivity index (χ2n) is 5.98. The van der Waals surface area contributed by atoms with Crippen molar-refractivity contribution in [3.05, 3.63) is 38.5 Å². The molecule has 1 aliphatic carbocycles. The van der Waals surface area contributed by atoms with Gasteiger partial charge in [0.1, 0.15) is 6.33 Å². The number of H-pyrrole nitrogens is 1. The molecule has 2 amide bonds. The summed E-state index contributed by atoms with van der Waals surface area (Å²) in [5.41, 5.74) is 0. The van der Waals surface area contributed by atoms with E-state index in [1.54, 1.807) is 12.4 Å². The fourth-order valence-electron chi connectivity index (χ4n) is 2.53. The van der Waals surface area contributed by atoms with Crippen LogP contribution in [0, 0.1) is 12.8 Å². The number of nitrogens with zero attached hydrogens (tertiary/aromatic N) is 4. The number of rotatable bonds is 6. The van der Waals surface area contributed by atoms with Gasteiger partial charge in [-0.05, 0) is 25.7 Å². The van der Waals surface area contributed by atoms with E-state index in [2.05, 4.69) is 35.8 Å². The molecular weight excluding hydrogens is 374 g/mol. The Bertz CT molecular complexity index is 934. The van der Waals surface area contributed by atoms with Crippen molar-refractivity contribution in [1.82, 2.24) is 30.5 Å². The highest BCUT2D eigenvalue weighted by Gasteiger charge is 2.39. The monoisotopic (exact) mass is 389 g/mol. The van der Waals surface area contributed by atoms with Crippen LogP contribution in [0.3, 0.4) is 0 Å². The molecule has 1 saturated carbocycles. The summed E-state index contributed by atoms with van der Waals surface area (Å²) in [6.07, 6.45) is 6.44. The number of nitrogens with one attached hydrogen (secondary N) is 3. The van der Waals surface area contributed by atoms with Crippen molar-refractivity contribution in [2.75, 3.05) is 5.32 Å². The topological polar surface area (TPSA) is 126 Å². The molecule has 0 spiro atoms. The largest absolute Gasteiger partial charge is 0.347 e. The first-order chi connectivity index (χ1) is 12.6. The lowest BCUT2D eigenvalue weighted by Gasteiger charge is -2.01. The van der Waals surface area contributed by atoms with Crippen molar-refractivity contribution in [3.63, 3.8) is 0 Å². The maximum absolute atomic E-state index is 12.1. The number of carbonyl (C=O) groups excluding carboxylic acids is 2. The molecule has 3 N–H and O–H groups in total. The Morgan fingerprint density at radius 3 is 2.73 bits per heavy atom. The van der Waals surface area contributed by atoms with Gasteiger partial charge in [-0.2, -0.15) is 10.1 Å². The van der Waals surface area contributed by atoms with Crippen molar-refractivity contribution >= 4 is 40.4 Å². The van der Waals surface area contributed by atoms with Crippen LogP contribution in [0.4, 0.5) is 5.95 Å². The third-order valence-electron chi connectivity index (χ3n) is 3.91. The zero-order valence-electron chi connectivity index (χ0n) is 13.7. The first-order valence-electron chi connectivity index (χ1n) is 7.93. The van der Waals surface area contributed by atoms with Gasteiger partial charge in [-0.15, -0.1) is 22.7 Å². The van der Waals surface area contributed by atoms with E-state index in [0.717, 1.165) is 22.6 Å². The summed E-state index contributed by atoms with van der Waals surface area (Å²) in [4.78, 5) is 38.3. The number of aromatic nitrogens is 5. The molecule has 11 heteroatoms. The van der Waals surface area contributed by atoms with Gasteiger partial charge in [-0.1, -0.05) is 0 Å². The number of anilines is 1. The van der Waals surface area contributed by atoms with E-state index in [0.29, 0.717) is 15.9 Å². The zero-order chi connectivity index (χ0) is 18.1. The Kier molecular flexibility index (Phi) is 4.47. The summed E-state index contributed by atoms with van der Waals surface area (Å²) in [5.74, 6) is 0.213. The third kappa shape index (κ3) is 3.78. The quantitative estimate of drug-likeness (QED) is 0.588. The number of carbonyl (C=O) groups is 2. The van der Waals surface area contributed by atoms with Gasteiger partial charge in [0.25, 0.3) is 11.8 Å². The Labute approximate surface area is 156 Å². The standard InChI is InChI=1S/C15H15N7O2S2/c1-7-4-16-13(25-7)11(23)20-10-3-8(10)2-9-5-17-14(26-9)12(24)21-15-18-6-19-22-15/h4-6,8,10H,2-3H2,1H3,(H,20,23)(H2,18,19,21,22,24). The number of aryl methyl sites for hydroxylation is 1. The Morgan fingerprint density at radius 2 is 2.00 bits per heavy atom. The van der Waals surface area contributed by atoms with Gasteiger partial charge >= 0.3 is 0 Å². The molecule has 0 radical (unpaired) electrons. The molecule has 3 aromatic heterocycles. The number of amides is 2. The fourth-order valence-corrected chi connectivity index (χ4v) is 4.10. The molecule has 3 heterocycles. The van der Waals surface area contributed by atoms with Crippen LogP contribution in [-0.2, 0) is 6.42 Å². The highest BCUT2D eigenvalue weighted by molar-refractivity contribution is 7.13. The molecule has 4 rings (SSSR count). The molecule has 26 heavy (non-hydrogen) atoms. The third-order valence-corrected chi connectivity index (χ3v) is 5.84. The SMILES string of the molecule is Cc1cnc(C(=O)NC2CC2Cc2cnc(C(=O)Nc3ncn[nH]3)s2)s1. The predicted octanol–water partition coefficient (Wildman–Crippen LogP) is 1.64. The molecule has 134 valence electrons. The molecule has 9 nitrogen and oxygen atoms in total. The summed E-state index contributed by atoms with van der Waals surface area (Å²) in [5, 5.41) is 12.7. The van der Waals surface area contributed by atoms with E-state index >= 15 is 0 Å². The Balaban J connectivity index is 1.28. The first kappa shape index (κ1) is 16.8. The molecule has 2 unspecified atom stereocenters. The Morgan fingerprint density at radius 1 is 1.19 bits per heavy atom. The molecule has 0 aromatic carbocycles. The van der Waals surface area contributed by atoms with Crippen LogP contribution in [0.2, 0.25) is 0 Å². The highest BCUT2D eigenvalue weighted by atomic mass is 32.1. The maximum atomic E-state index is 12.1. The van der Waals surface area contributed by atoms with Crippen molar-refractivity contribution in [1.29, 1.82) is 0 Å². The Hall–Kier alpha value is -2.66. The van der Waals surface area contributed by atoms with Crippen LogP contribution in [0.1, 0.15) is 35.8 Å². The van der Waals surface area contributed by atoms with Crippen LogP contribution in [0.15, 0.2) is 18.7 Å². The molecule has 0 aliphatic heterocycles. The van der Waals surface area contributed by atoms with Gasteiger partial charge in [0, 0.05) is 28.2 Å². The minimum absolute atomic E-state index is 0.118.